The van der Waals surface area contributed by atoms with Crippen LogP contribution in [0, 0.1) is 0 Å². The van der Waals surface area contributed by atoms with Crippen LogP contribution in [-0.4, -0.2) is 28.5 Å². The van der Waals surface area contributed by atoms with Gasteiger partial charge in [-0.25, -0.2) is 0 Å². The molecule has 1 aromatic carbocycles. The minimum atomic E-state index is -0.773. The van der Waals surface area contributed by atoms with Gasteiger partial charge in [0.25, 0.3) is 0 Å². The Morgan fingerprint density at radius 2 is 2.00 bits per heavy atom. The number of hydrogen-bond donors (Lipinski definition) is 3. The highest BCUT2D eigenvalue weighted by molar-refractivity contribution is 5.96. The van der Waals surface area contributed by atoms with E-state index in [4.69, 9.17) is 5.11 Å². The van der Waals surface area contributed by atoms with Gasteiger partial charge in [0.1, 0.15) is 0 Å². The van der Waals surface area contributed by atoms with Gasteiger partial charge in [-0.2, -0.15) is 0 Å². The summed E-state index contributed by atoms with van der Waals surface area (Å²) in [6.45, 7) is 0.566. The number of rotatable bonds is 8. The van der Waals surface area contributed by atoms with Gasteiger partial charge in [-0.15, -0.1) is 0 Å². The van der Waals surface area contributed by atoms with E-state index in [-0.39, 0.29) is 12.3 Å². The topological polar surface area (TPSA) is 82.2 Å². The SMILES string of the molecule is O=C(O)CCCCCNC(=O)/C=C/c1c[nH]c2ccccc12. The Labute approximate surface area is 129 Å². The molecular weight excluding hydrogens is 280 g/mol. The van der Waals surface area contributed by atoms with Crippen LogP contribution in [0.3, 0.4) is 0 Å². The summed E-state index contributed by atoms with van der Waals surface area (Å²) in [4.78, 5) is 25.2. The van der Waals surface area contributed by atoms with Gasteiger partial charge in [0.15, 0.2) is 0 Å². The molecule has 2 rings (SSSR count). The molecule has 116 valence electrons. The van der Waals surface area contributed by atoms with Gasteiger partial charge >= 0.3 is 5.97 Å². The molecule has 0 aliphatic carbocycles. The normalized spacial score (nSPS) is 11.1. The van der Waals surface area contributed by atoms with Gasteiger partial charge in [-0.05, 0) is 30.5 Å². The van der Waals surface area contributed by atoms with E-state index in [1.54, 1.807) is 6.08 Å². The maximum Gasteiger partial charge on any atom is 0.303 e. The lowest BCUT2D eigenvalue weighted by Gasteiger charge is -2.01. The van der Waals surface area contributed by atoms with E-state index in [0.29, 0.717) is 13.0 Å². The molecule has 3 N–H and O–H groups in total. The van der Waals surface area contributed by atoms with Crippen molar-refractivity contribution in [3.8, 4) is 0 Å². The van der Waals surface area contributed by atoms with Crippen LogP contribution < -0.4 is 5.32 Å². The number of para-hydroxylation sites is 1. The fraction of sp³-hybridized carbons (Fsp3) is 0.294. The van der Waals surface area contributed by atoms with Gasteiger partial charge in [0.2, 0.25) is 5.91 Å². The molecule has 1 amide bonds. The van der Waals surface area contributed by atoms with Crippen molar-refractivity contribution in [1.82, 2.24) is 10.3 Å². The second kappa shape index (κ2) is 8.02. The molecule has 0 fully saturated rings. The first kappa shape index (κ1) is 15.8. The molecule has 0 bridgehead atoms. The number of aliphatic carboxylic acids is 1. The minimum Gasteiger partial charge on any atom is -0.481 e. The molecule has 0 aliphatic heterocycles. The third kappa shape index (κ3) is 4.77. The van der Waals surface area contributed by atoms with Crippen molar-refractivity contribution in [3.05, 3.63) is 42.1 Å². The fourth-order valence-electron chi connectivity index (χ4n) is 2.25. The number of carboxylic acids is 1. The van der Waals surface area contributed by atoms with Crippen LogP contribution in [-0.2, 0) is 9.59 Å². The van der Waals surface area contributed by atoms with Crippen LogP contribution in [0.4, 0.5) is 0 Å². The largest absolute Gasteiger partial charge is 0.481 e. The molecule has 0 aliphatic rings. The fourth-order valence-corrected chi connectivity index (χ4v) is 2.25. The van der Waals surface area contributed by atoms with Gasteiger partial charge in [0, 0.05) is 36.1 Å². The molecular formula is C17H20N2O3. The Morgan fingerprint density at radius 3 is 2.82 bits per heavy atom. The van der Waals surface area contributed by atoms with Crippen LogP contribution in [0.2, 0.25) is 0 Å². The number of carbonyl (C=O) groups excluding carboxylic acids is 1. The zero-order chi connectivity index (χ0) is 15.8. The molecule has 5 heteroatoms. The quantitative estimate of drug-likeness (QED) is 0.518. The number of hydrogen-bond acceptors (Lipinski definition) is 2. The lowest BCUT2D eigenvalue weighted by Crippen LogP contribution is -2.21. The van der Waals surface area contributed by atoms with E-state index in [0.717, 1.165) is 29.3 Å². The van der Waals surface area contributed by atoms with Gasteiger partial charge in [-0.3, -0.25) is 9.59 Å². The highest BCUT2D eigenvalue weighted by atomic mass is 16.4. The lowest BCUT2D eigenvalue weighted by molar-refractivity contribution is -0.137. The molecule has 0 spiro atoms. The average molecular weight is 300 g/mol. The number of carboxylic acid groups (broad SMARTS) is 1. The molecule has 22 heavy (non-hydrogen) atoms. The summed E-state index contributed by atoms with van der Waals surface area (Å²) in [5.41, 5.74) is 2.02. The lowest BCUT2D eigenvalue weighted by atomic mass is 10.1. The highest BCUT2D eigenvalue weighted by Crippen LogP contribution is 2.18. The summed E-state index contributed by atoms with van der Waals surface area (Å²) in [7, 11) is 0. The first-order valence-corrected chi connectivity index (χ1v) is 7.40. The van der Waals surface area contributed by atoms with E-state index >= 15 is 0 Å². The zero-order valence-corrected chi connectivity index (χ0v) is 12.3. The van der Waals surface area contributed by atoms with Gasteiger partial charge in [0.05, 0.1) is 0 Å². The number of fused-ring (bicyclic) bond motifs is 1. The van der Waals surface area contributed by atoms with E-state index in [9.17, 15) is 9.59 Å². The number of unbranched alkanes of at least 4 members (excludes halogenated alkanes) is 2. The van der Waals surface area contributed by atoms with Crippen LogP contribution >= 0.6 is 0 Å². The Hall–Kier alpha value is -2.56. The van der Waals surface area contributed by atoms with Crippen LogP contribution in [0.15, 0.2) is 36.5 Å². The van der Waals surface area contributed by atoms with E-state index in [2.05, 4.69) is 10.3 Å². The summed E-state index contributed by atoms with van der Waals surface area (Å²) in [6.07, 6.45) is 7.62. The number of aromatic nitrogens is 1. The highest BCUT2D eigenvalue weighted by Gasteiger charge is 2.01. The predicted molar refractivity (Wildman–Crippen MR) is 86.4 cm³/mol. The molecule has 0 saturated carbocycles. The van der Waals surface area contributed by atoms with Crippen molar-refractivity contribution in [2.45, 2.75) is 25.7 Å². The third-order valence-electron chi connectivity index (χ3n) is 3.40. The smallest absolute Gasteiger partial charge is 0.303 e. The minimum absolute atomic E-state index is 0.136. The number of nitrogens with one attached hydrogen (secondary N) is 2. The standard InChI is InChI=1S/C17H20N2O3/c20-16(18-11-5-1-2-8-17(21)22)10-9-13-12-19-15-7-4-3-6-14(13)15/h3-4,6-7,9-10,12,19H,1-2,5,8,11H2,(H,18,20)(H,21,22)/b10-9+. The van der Waals surface area contributed by atoms with E-state index in [1.807, 2.05) is 30.5 Å². The van der Waals surface area contributed by atoms with Gasteiger partial charge < -0.3 is 15.4 Å². The first-order chi connectivity index (χ1) is 10.7. The van der Waals surface area contributed by atoms with Crippen molar-refractivity contribution >= 4 is 28.9 Å². The van der Waals surface area contributed by atoms with Crippen molar-refractivity contribution in [2.75, 3.05) is 6.54 Å². The predicted octanol–water partition coefficient (Wildman–Crippen LogP) is 2.94. The Kier molecular flexibility index (Phi) is 5.77. The summed E-state index contributed by atoms with van der Waals surface area (Å²) >= 11 is 0. The maximum absolute atomic E-state index is 11.7. The van der Waals surface area contributed by atoms with E-state index < -0.39 is 5.97 Å². The van der Waals surface area contributed by atoms with Crippen molar-refractivity contribution < 1.29 is 14.7 Å². The first-order valence-electron chi connectivity index (χ1n) is 7.40. The number of aromatic amines is 1. The molecule has 2 aromatic rings. The molecule has 1 heterocycles. The zero-order valence-electron chi connectivity index (χ0n) is 12.3. The monoisotopic (exact) mass is 300 g/mol. The van der Waals surface area contributed by atoms with E-state index in [1.165, 1.54) is 6.08 Å². The van der Waals surface area contributed by atoms with Crippen LogP contribution in [0.25, 0.3) is 17.0 Å². The molecule has 0 radical (unpaired) electrons. The molecule has 0 atom stereocenters. The molecule has 1 aromatic heterocycles. The second-order valence-corrected chi connectivity index (χ2v) is 5.12. The molecule has 0 saturated heterocycles. The van der Waals surface area contributed by atoms with Crippen LogP contribution in [0.5, 0.6) is 0 Å². The number of carbonyl (C=O) groups is 2. The average Bonchev–Trinajstić information content (AvgIpc) is 2.91. The summed E-state index contributed by atoms with van der Waals surface area (Å²) in [5, 5.41) is 12.4. The summed E-state index contributed by atoms with van der Waals surface area (Å²) in [6, 6.07) is 7.92. The van der Waals surface area contributed by atoms with Crippen molar-refractivity contribution in [2.24, 2.45) is 0 Å². The number of benzene rings is 1. The number of H-pyrrole nitrogens is 1. The molecule has 0 unspecified atom stereocenters. The summed E-state index contributed by atoms with van der Waals surface area (Å²) < 4.78 is 0. The third-order valence-corrected chi connectivity index (χ3v) is 3.40. The number of amides is 1. The summed E-state index contributed by atoms with van der Waals surface area (Å²) in [5.74, 6) is -0.908. The Balaban J connectivity index is 1.74. The van der Waals surface area contributed by atoms with Crippen molar-refractivity contribution in [1.29, 1.82) is 0 Å². The molecule has 5 nitrogen and oxygen atoms in total. The van der Waals surface area contributed by atoms with Crippen molar-refractivity contribution in [3.63, 3.8) is 0 Å². The van der Waals surface area contributed by atoms with Gasteiger partial charge in [-0.1, -0.05) is 24.6 Å². The van der Waals surface area contributed by atoms with Crippen LogP contribution in [0.1, 0.15) is 31.2 Å². The Bertz CT molecular complexity index is 673. The Morgan fingerprint density at radius 1 is 1.18 bits per heavy atom. The maximum atomic E-state index is 11.7. The second-order valence-electron chi connectivity index (χ2n) is 5.12.